The molecule has 1 rings (SSSR count). The molecule has 0 saturated carbocycles. The number of aliphatic hydroxyl groups is 2. The number of aliphatic hydroxyl groups excluding tert-OH is 2. The van der Waals surface area contributed by atoms with E-state index in [2.05, 4.69) is 5.32 Å². The molecule has 0 bridgehead atoms. The largest absolute Gasteiger partial charge is 0.396 e. The lowest BCUT2D eigenvalue weighted by Crippen LogP contribution is -2.49. The first-order valence-corrected chi connectivity index (χ1v) is 3.39. The molecule has 3 N–H and O–H groups in total. The fourth-order valence-corrected chi connectivity index (χ4v) is 1.12. The molecule has 0 aromatic rings. The molecule has 3 nitrogen and oxygen atoms in total. The Bertz CT molecular complexity index is 112. The standard InChI is InChI=1S/C6H12FNO2/c7-6-4(3-9)1-8-2-5(6)10/h4-6,8-10H,1-3H2/t4-,5+,6-/m0/s1. The van der Waals surface area contributed by atoms with Crippen molar-refractivity contribution in [2.24, 2.45) is 5.92 Å². The molecule has 0 aliphatic carbocycles. The molecule has 4 heteroatoms. The summed E-state index contributed by atoms with van der Waals surface area (Å²) in [6.45, 7) is 0.539. The topological polar surface area (TPSA) is 52.5 Å². The van der Waals surface area contributed by atoms with Gasteiger partial charge in [0.15, 0.2) is 0 Å². The second-order valence-corrected chi connectivity index (χ2v) is 2.61. The van der Waals surface area contributed by atoms with E-state index in [1.165, 1.54) is 0 Å². The number of hydrogen-bond donors (Lipinski definition) is 3. The van der Waals surface area contributed by atoms with Crippen molar-refractivity contribution in [1.82, 2.24) is 5.32 Å². The zero-order valence-corrected chi connectivity index (χ0v) is 5.63. The smallest absolute Gasteiger partial charge is 0.133 e. The minimum atomic E-state index is -1.27. The van der Waals surface area contributed by atoms with Crippen molar-refractivity contribution < 1.29 is 14.6 Å². The van der Waals surface area contributed by atoms with Crippen molar-refractivity contribution in [2.45, 2.75) is 12.3 Å². The van der Waals surface area contributed by atoms with Gasteiger partial charge in [-0.05, 0) is 0 Å². The van der Waals surface area contributed by atoms with Crippen LogP contribution in [0.15, 0.2) is 0 Å². The first-order chi connectivity index (χ1) is 4.75. The van der Waals surface area contributed by atoms with E-state index >= 15 is 0 Å². The van der Waals surface area contributed by atoms with Gasteiger partial charge in [0, 0.05) is 25.6 Å². The van der Waals surface area contributed by atoms with Crippen LogP contribution in [-0.2, 0) is 0 Å². The minimum Gasteiger partial charge on any atom is -0.396 e. The fraction of sp³-hybridized carbons (Fsp3) is 1.00. The number of β-amino-alcohol motifs (C(OH)–C–C–N with tert-alkyl or cyclic N) is 1. The van der Waals surface area contributed by atoms with E-state index in [0.717, 1.165) is 0 Å². The maximum absolute atomic E-state index is 12.8. The van der Waals surface area contributed by atoms with Crippen molar-refractivity contribution in [3.05, 3.63) is 0 Å². The van der Waals surface area contributed by atoms with Gasteiger partial charge in [0.2, 0.25) is 0 Å². The Balaban J connectivity index is 2.42. The van der Waals surface area contributed by atoms with Gasteiger partial charge >= 0.3 is 0 Å². The van der Waals surface area contributed by atoms with Gasteiger partial charge in [-0.2, -0.15) is 0 Å². The predicted molar refractivity (Wildman–Crippen MR) is 34.3 cm³/mol. The average Bonchev–Trinajstić information content (AvgIpc) is 1.95. The number of alkyl halides is 1. The Kier molecular flexibility index (Phi) is 2.59. The first-order valence-electron chi connectivity index (χ1n) is 3.39. The van der Waals surface area contributed by atoms with Crippen molar-refractivity contribution in [3.8, 4) is 0 Å². The van der Waals surface area contributed by atoms with Crippen LogP contribution in [0, 0.1) is 5.92 Å². The molecule has 60 valence electrons. The maximum atomic E-state index is 12.8. The summed E-state index contributed by atoms with van der Waals surface area (Å²) < 4.78 is 12.8. The Morgan fingerprint density at radius 3 is 2.70 bits per heavy atom. The predicted octanol–water partition coefficient (Wildman–Crippen LogP) is -1.10. The van der Waals surface area contributed by atoms with Crippen LogP contribution < -0.4 is 5.32 Å². The third kappa shape index (κ3) is 1.45. The lowest BCUT2D eigenvalue weighted by atomic mass is 9.96. The lowest BCUT2D eigenvalue weighted by Gasteiger charge is -2.29. The van der Waals surface area contributed by atoms with Gasteiger partial charge in [0.05, 0.1) is 6.10 Å². The number of hydrogen-bond acceptors (Lipinski definition) is 3. The van der Waals surface area contributed by atoms with Crippen LogP contribution in [0.5, 0.6) is 0 Å². The molecule has 0 unspecified atom stereocenters. The van der Waals surface area contributed by atoms with Crippen LogP contribution in [0.25, 0.3) is 0 Å². The Labute approximate surface area is 58.9 Å². The molecule has 0 aromatic heterocycles. The Hall–Kier alpha value is -0.190. The lowest BCUT2D eigenvalue weighted by molar-refractivity contribution is 0.000116. The van der Waals surface area contributed by atoms with Crippen LogP contribution in [0.1, 0.15) is 0 Å². The highest BCUT2D eigenvalue weighted by Crippen LogP contribution is 2.14. The molecule has 1 heterocycles. The molecule has 1 aliphatic heterocycles. The van der Waals surface area contributed by atoms with E-state index in [-0.39, 0.29) is 13.2 Å². The van der Waals surface area contributed by atoms with Crippen LogP contribution in [0.2, 0.25) is 0 Å². The van der Waals surface area contributed by atoms with Gasteiger partial charge in [-0.3, -0.25) is 0 Å². The van der Waals surface area contributed by atoms with Crippen molar-refractivity contribution in [2.75, 3.05) is 19.7 Å². The van der Waals surface area contributed by atoms with Crippen LogP contribution in [0.4, 0.5) is 4.39 Å². The Morgan fingerprint density at radius 2 is 2.20 bits per heavy atom. The van der Waals surface area contributed by atoms with E-state index in [0.29, 0.717) is 6.54 Å². The summed E-state index contributed by atoms with van der Waals surface area (Å²) in [6.07, 6.45) is -2.22. The monoisotopic (exact) mass is 149 g/mol. The summed E-state index contributed by atoms with van der Waals surface area (Å²) in [7, 11) is 0. The minimum absolute atomic E-state index is 0.203. The average molecular weight is 149 g/mol. The molecule has 3 atom stereocenters. The van der Waals surface area contributed by atoms with Gasteiger partial charge in [-0.15, -0.1) is 0 Å². The van der Waals surface area contributed by atoms with Crippen LogP contribution in [0.3, 0.4) is 0 Å². The summed E-state index contributed by atoms with van der Waals surface area (Å²) in [6, 6.07) is 0. The van der Waals surface area contributed by atoms with Crippen molar-refractivity contribution in [1.29, 1.82) is 0 Å². The maximum Gasteiger partial charge on any atom is 0.133 e. The molecule has 1 aliphatic rings. The molecule has 1 saturated heterocycles. The van der Waals surface area contributed by atoms with E-state index in [1.807, 2.05) is 0 Å². The van der Waals surface area contributed by atoms with Gasteiger partial charge in [-0.25, -0.2) is 4.39 Å². The number of piperidine rings is 1. The van der Waals surface area contributed by atoms with Crippen LogP contribution in [-0.4, -0.2) is 42.2 Å². The third-order valence-corrected chi connectivity index (χ3v) is 1.81. The summed E-state index contributed by atoms with van der Waals surface area (Å²) in [5, 5.41) is 20.3. The second-order valence-electron chi connectivity index (χ2n) is 2.61. The normalized spacial score (nSPS) is 41.7. The zero-order chi connectivity index (χ0) is 7.56. The first kappa shape index (κ1) is 7.91. The zero-order valence-electron chi connectivity index (χ0n) is 5.63. The van der Waals surface area contributed by atoms with E-state index in [9.17, 15) is 4.39 Å². The third-order valence-electron chi connectivity index (χ3n) is 1.81. The second kappa shape index (κ2) is 3.27. The number of nitrogens with one attached hydrogen (secondary N) is 1. The molecule has 0 radical (unpaired) electrons. The summed E-state index contributed by atoms with van der Waals surface area (Å²) in [4.78, 5) is 0. The SMILES string of the molecule is OC[C@@H]1CNC[C@@H](O)[C@H]1F. The van der Waals surface area contributed by atoms with Gasteiger partial charge in [0.25, 0.3) is 0 Å². The van der Waals surface area contributed by atoms with Crippen molar-refractivity contribution in [3.63, 3.8) is 0 Å². The summed E-state index contributed by atoms with van der Waals surface area (Å²) in [5.41, 5.74) is 0. The van der Waals surface area contributed by atoms with Crippen LogP contribution >= 0.6 is 0 Å². The molecule has 0 spiro atoms. The molecule has 10 heavy (non-hydrogen) atoms. The summed E-state index contributed by atoms with van der Waals surface area (Å²) in [5.74, 6) is -0.441. The number of halogens is 1. The highest BCUT2D eigenvalue weighted by atomic mass is 19.1. The Morgan fingerprint density at radius 1 is 1.50 bits per heavy atom. The highest BCUT2D eigenvalue weighted by Gasteiger charge is 2.31. The van der Waals surface area contributed by atoms with Gasteiger partial charge in [-0.1, -0.05) is 0 Å². The van der Waals surface area contributed by atoms with Gasteiger partial charge < -0.3 is 15.5 Å². The van der Waals surface area contributed by atoms with E-state index in [1.54, 1.807) is 0 Å². The molecular weight excluding hydrogens is 137 g/mol. The van der Waals surface area contributed by atoms with E-state index < -0.39 is 18.2 Å². The highest BCUT2D eigenvalue weighted by molar-refractivity contribution is 4.83. The quantitative estimate of drug-likeness (QED) is 0.443. The summed E-state index contributed by atoms with van der Waals surface area (Å²) >= 11 is 0. The molecular formula is C6H12FNO2. The van der Waals surface area contributed by atoms with E-state index in [4.69, 9.17) is 10.2 Å². The molecule has 0 aromatic carbocycles. The molecule has 0 amide bonds. The van der Waals surface area contributed by atoms with Crippen molar-refractivity contribution >= 4 is 0 Å². The van der Waals surface area contributed by atoms with Gasteiger partial charge in [0.1, 0.15) is 6.17 Å². The molecule has 1 fully saturated rings. The number of rotatable bonds is 1. The fourth-order valence-electron chi connectivity index (χ4n) is 1.12.